The lowest BCUT2D eigenvalue weighted by Crippen LogP contribution is -2.29. The molecule has 1 aromatic rings. The van der Waals surface area contributed by atoms with Gasteiger partial charge >= 0.3 is 0 Å². The zero-order valence-corrected chi connectivity index (χ0v) is 11.8. The standard InChI is InChI=1S/C15H20N2O3/c1-12(2)20-11-9-17-15(19)14-13(6-3-4-10-18)7-5-8-16-14/h5,7-8,12,18H,4,9-11H2,1-2H3,(H,17,19). The molecule has 0 aliphatic carbocycles. The van der Waals surface area contributed by atoms with Gasteiger partial charge in [-0.25, -0.2) is 4.98 Å². The summed E-state index contributed by atoms with van der Waals surface area (Å²) in [6, 6.07) is 3.46. The first-order valence-electron chi connectivity index (χ1n) is 6.59. The summed E-state index contributed by atoms with van der Waals surface area (Å²) in [5.41, 5.74) is 0.853. The molecular weight excluding hydrogens is 256 g/mol. The highest BCUT2D eigenvalue weighted by Gasteiger charge is 2.10. The molecule has 0 aliphatic heterocycles. The molecule has 0 bridgehead atoms. The van der Waals surface area contributed by atoms with Crippen LogP contribution in [0.3, 0.4) is 0 Å². The second-order valence-corrected chi connectivity index (χ2v) is 4.35. The third-order valence-corrected chi connectivity index (χ3v) is 2.32. The molecule has 0 radical (unpaired) electrons. The number of ether oxygens (including phenoxy) is 1. The number of carbonyl (C=O) groups is 1. The Bertz CT molecular complexity index is 489. The van der Waals surface area contributed by atoms with Crippen LogP contribution in [0.25, 0.3) is 0 Å². The van der Waals surface area contributed by atoms with Gasteiger partial charge in [0.15, 0.2) is 0 Å². The average Bonchev–Trinajstić information content (AvgIpc) is 2.44. The lowest BCUT2D eigenvalue weighted by atomic mass is 10.2. The molecule has 2 N–H and O–H groups in total. The molecular formula is C15H20N2O3. The van der Waals surface area contributed by atoms with Crippen LogP contribution in [0.1, 0.15) is 36.3 Å². The predicted molar refractivity (Wildman–Crippen MR) is 76.2 cm³/mol. The Balaban J connectivity index is 2.61. The zero-order valence-electron chi connectivity index (χ0n) is 11.8. The number of aliphatic hydroxyl groups excluding tert-OH is 1. The van der Waals surface area contributed by atoms with Crippen LogP contribution < -0.4 is 5.32 Å². The van der Waals surface area contributed by atoms with Crippen molar-refractivity contribution in [2.75, 3.05) is 19.8 Å². The number of carbonyl (C=O) groups excluding carboxylic acids is 1. The fraction of sp³-hybridized carbons (Fsp3) is 0.467. The number of rotatable bonds is 6. The fourth-order valence-corrected chi connectivity index (χ4v) is 1.44. The number of hydrogen-bond donors (Lipinski definition) is 2. The third kappa shape index (κ3) is 5.83. The van der Waals surface area contributed by atoms with Crippen molar-refractivity contribution in [1.82, 2.24) is 10.3 Å². The monoisotopic (exact) mass is 276 g/mol. The molecule has 0 aromatic carbocycles. The van der Waals surface area contributed by atoms with E-state index in [2.05, 4.69) is 22.1 Å². The first kappa shape index (κ1) is 16.2. The van der Waals surface area contributed by atoms with E-state index in [1.165, 1.54) is 0 Å². The van der Waals surface area contributed by atoms with E-state index in [1.54, 1.807) is 18.3 Å². The minimum atomic E-state index is -0.272. The summed E-state index contributed by atoms with van der Waals surface area (Å²) in [6.07, 6.45) is 2.07. The van der Waals surface area contributed by atoms with Gasteiger partial charge in [0.2, 0.25) is 0 Å². The SMILES string of the molecule is CC(C)OCCNC(=O)c1ncccc1C#CCCO. The van der Waals surface area contributed by atoms with E-state index in [0.717, 1.165) is 0 Å². The van der Waals surface area contributed by atoms with Gasteiger partial charge in [-0.3, -0.25) is 4.79 Å². The smallest absolute Gasteiger partial charge is 0.271 e. The number of nitrogens with one attached hydrogen (secondary N) is 1. The van der Waals surface area contributed by atoms with Gasteiger partial charge in [-0.2, -0.15) is 0 Å². The predicted octanol–water partition coefficient (Wildman–Crippen LogP) is 0.970. The van der Waals surface area contributed by atoms with Crippen LogP contribution in [0.15, 0.2) is 18.3 Å². The Morgan fingerprint density at radius 2 is 2.35 bits per heavy atom. The summed E-state index contributed by atoms with van der Waals surface area (Å²) in [5.74, 6) is 5.35. The number of hydrogen-bond acceptors (Lipinski definition) is 4. The summed E-state index contributed by atoms with van der Waals surface area (Å²) in [6.45, 7) is 4.77. The van der Waals surface area contributed by atoms with E-state index >= 15 is 0 Å². The molecule has 20 heavy (non-hydrogen) atoms. The Kier molecular flexibility index (Phi) is 7.33. The minimum Gasteiger partial charge on any atom is -0.395 e. The first-order chi connectivity index (χ1) is 9.65. The molecule has 5 nitrogen and oxygen atoms in total. The molecule has 1 amide bonds. The largest absolute Gasteiger partial charge is 0.395 e. The van der Waals surface area contributed by atoms with Gasteiger partial charge in [0.05, 0.1) is 24.9 Å². The highest BCUT2D eigenvalue weighted by atomic mass is 16.5. The number of aromatic nitrogens is 1. The van der Waals surface area contributed by atoms with Gasteiger partial charge in [-0.15, -0.1) is 0 Å². The average molecular weight is 276 g/mol. The summed E-state index contributed by atoms with van der Waals surface area (Å²) >= 11 is 0. The van der Waals surface area contributed by atoms with E-state index < -0.39 is 0 Å². The van der Waals surface area contributed by atoms with Crippen LogP contribution in [0.2, 0.25) is 0 Å². The maximum absolute atomic E-state index is 12.0. The summed E-state index contributed by atoms with van der Waals surface area (Å²) < 4.78 is 5.35. The van der Waals surface area contributed by atoms with Gasteiger partial charge < -0.3 is 15.2 Å². The molecule has 1 rings (SSSR count). The molecule has 0 saturated carbocycles. The van der Waals surface area contributed by atoms with Crippen molar-refractivity contribution >= 4 is 5.91 Å². The van der Waals surface area contributed by atoms with E-state index in [1.807, 2.05) is 13.8 Å². The van der Waals surface area contributed by atoms with Crippen molar-refractivity contribution in [3.05, 3.63) is 29.6 Å². The second-order valence-electron chi connectivity index (χ2n) is 4.35. The Morgan fingerprint density at radius 1 is 1.55 bits per heavy atom. The Labute approximate surface area is 119 Å². The van der Waals surface area contributed by atoms with Crippen LogP contribution in [-0.4, -0.2) is 41.9 Å². The van der Waals surface area contributed by atoms with Crippen LogP contribution in [0.4, 0.5) is 0 Å². The van der Waals surface area contributed by atoms with Crippen LogP contribution in [-0.2, 0) is 4.74 Å². The van der Waals surface area contributed by atoms with Crippen molar-refractivity contribution in [2.24, 2.45) is 0 Å². The lowest BCUT2D eigenvalue weighted by Gasteiger charge is -2.09. The number of amides is 1. The maximum Gasteiger partial charge on any atom is 0.271 e. The van der Waals surface area contributed by atoms with Gasteiger partial charge in [-0.05, 0) is 26.0 Å². The first-order valence-corrected chi connectivity index (χ1v) is 6.59. The van der Waals surface area contributed by atoms with E-state index in [-0.39, 0.29) is 18.6 Å². The maximum atomic E-state index is 12.0. The normalized spacial score (nSPS) is 10.0. The van der Waals surface area contributed by atoms with Crippen molar-refractivity contribution in [3.8, 4) is 11.8 Å². The molecule has 0 atom stereocenters. The molecule has 0 fully saturated rings. The molecule has 0 saturated heterocycles. The highest BCUT2D eigenvalue weighted by molar-refractivity contribution is 5.94. The summed E-state index contributed by atoms with van der Waals surface area (Å²) in [5, 5.41) is 11.4. The van der Waals surface area contributed by atoms with Gasteiger partial charge in [-0.1, -0.05) is 11.8 Å². The summed E-state index contributed by atoms with van der Waals surface area (Å²) in [4.78, 5) is 16.0. The lowest BCUT2D eigenvalue weighted by molar-refractivity contribution is 0.0745. The van der Waals surface area contributed by atoms with E-state index in [4.69, 9.17) is 9.84 Å². The molecule has 0 spiro atoms. The molecule has 0 unspecified atom stereocenters. The molecule has 1 heterocycles. The molecule has 0 aliphatic rings. The van der Waals surface area contributed by atoms with Crippen LogP contribution in [0.5, 0.6) is 0 Å². The minimum absolute atomic E-state index is 0.00132. The topological polar surface area (TPSA) is 71.5 Å². The number of pyridine rings is 1. The van der Waals surface area contributed by atoms with Gasteiger partial charge in [0, 0.05) is 19.2 Å². The van der Waals surface area contributed by atoms with Crippen molar-refractivity contribution < 1.29 is 14.6 Å². The van der Waals surface area contributed by atoms with E-state index in [9.17, 15) is 4.79 Å². The highest BCUT2D eigenvalue weighted by Crippen LogP contribution is 2.03. The Hall–Kier alpha value is -1.90. The third-order valence-electron chi connectivity index (χ3n) is 2.32. The summed E-state index contributed by atoms with van der Waals surface area (Å²) in [7, 11) is 0. The van der Waals surface area contributed by atoms with Gasteiger partial charge in [0.1, 0.15) is 5.69 Å². The zero-order chi connectivity index (χ0) is 14.8. The van der Waals surface area contributed by atoms with E-state index in [0.29, 0.717) is 30.8 Å². The van der Waals surface area contributed by atoms with Crippen LogP contribution in [0, 0.1) is 11.8 Å². The van der Waals surface area contributed by atoms with Crippen molar-refractivity contribution in [3.63, 3.8) is 0 Å². The Morgan fingerprint density at radius 3 is 3.05 bits per heavy atom. The van der Waals surface area contributed by atoms with Crippen molar-refractivity contribution in [2.45, 2.75) is 26.4 Å². The van der Waals surface area contributed by atoms with Crippen molar-refractivity contribution in [1.29, 1.82) is 0 Å². The molecule has 5 heteroatoms. The second kappa shape index (κ2) is 9.08. The molecule has 1 aromatic heterocycles. The molecule has 108 valence electrons. The number of nitrogens with zero attached hydrogens (tertiary/aromatic N) is 1. The number of aliphatic hydroxyl groups is 1. The van der Waals surface area contributed by atoms with Crippen LogP contribution >= 0.6 is 0 Å². The fourth-order valence-electron chi connectivity index (χ4n) is 1.44. The van der Waals surface area contributed by atoms with Gasteiger partial charge in [0.25, 0.3) is 5.91 Å². The quantitative estimate of drug-likeness (QED) is 0.600.